The van der Waals surface area contributed by atoms with Gasteiger partial charge in [-0.2, -0.15) is 0 Å². The summed E-state index contributed by atoms with van der Waals surface area (Å²) in [6.45, 7) is 2.28. The van der Waals surface area contributed by atoms with Crippen LogP contribution in [0.5, 0.6) is 0 Å². The van der Waals surface area contributed by atoms with Crippen molar-refractivity contribution < 1.29 is 0 Å². The van der Waals surface area contributed by atoms with Crippen LogP contribution < -0.4 is 10.6 Å². The molecule has 2 nitrogen and oxygen atoms in total. The highest BCUT2D eigenvalue weighted by Crippen LogP contribution is 2.26. The Bertz CT molecular complexity index is 189. The largest absolute Gasteiger partial charge is 0.360 e. The second-order valence-electron chi connectivity index (χ2n) is 4.05. The predicted molar refractivity (Wildman–Crippen MR) is 54.1 cm³/mol. The van der Waals surface area contributed by atoms with E-state index in [9.17, 15) is 0 Å². The minimum Gasteiger partial charge on any atom is -0.360 e. The molecule has 2 atom stereocenters. The minimum atomic E-state index is 0.642. The Morgan fingerprint density at radius 1 is 1.17 bits per heavy atom. The lowest BCUT2D eigenvalue weighted by atomic mass is 9.81. The molecule has 0 aromatic heterocycles. The number of hydrogen-bond donors (Lipinski definition) is 2. The highest BCUT2D eigenvalue weighted by atomic mass is 32.1. The number of thiocarbonyl (C=S) groups is 1. The summed E-state index contributed by atoms with van der Waals surface area (Å²) in [4.78, 5) is 0. The lowest BCUT2D eigenvalue weighted by Gasteiger charge is -2.35. The van der Waals surface area contributed by atoms with Crippen molar-refractivity contribution in [2.24, 2.45) is 5.92 Å². The highest BCUT2D eigenvalue weighted by molar-refractivity contribution is 7.80. The lowest BCUT2D eigenvalue weighted by Crippen LogP contribution is -2.49. The van der Waals surface area contributed by atoms with Gasteiger partial charge in [-0.3, -0.25) is 0 Å². The molecule has 0 aromatic rings. The molecule has 2 N–H and O–H groups in total. The third-order valence-electron chi connectivity index (χ3n) is 2.85. The molecule has 12 heavy (non-hydrogen) atoms. The van der Waals surface area contributed by atoms with E-state index in [0.29, 0.717) is 12.1 Å². The topological polar surface area (TPSA) is 24.1 Å². The van der Waals surface area contributed by atoms with Gasteiger partial charge in [-0.15, -0.1) is 0 Å². The number of rotatable bonds is 2. The molecule has 0 spiro atoms. The van der Waals surface area contributed by atoms with Crippen molar-refractivity contribution >= 4 is 17.3 Å². The fourth-order valence-electron chi connectivity index (χ4n) is 1.50. The molecule has 2 unspecified atom stereocenters. The maximum Gasteiger partial charge on any atom is 0.166 e. The standard InChI is InChI=1S/C9H16N2S/c1-6-2-5-8(6)11-9(12)10-7-3-4-7/h6-8H,2-5H2,1H3,(H2,10,11,12). The van der Waals surface area contributed by atoms with E-state index in [0.717, 1.165) is 11.0 Å². The molecular formula is C9H16N2S. The smallest absolute Gasteiger partial charge is 0.166 e. The molecule has 0 amide bonds. The van der Waals surface area contributed by atoms with Crippen molar-refractivity contribution in [2.45, 2.75) is 44.7 Å². The van der Waals surface area contributed by atoms with Gasteiger partial charge >= 0.3 is 0 Å². The molecule has 2 aliphatic carbocycles. The van der Waals surface area contributed by atoms with Gasteiger partial charge in [0, 0.05) is 12.1 Å². The minimum absolute atomic E-state index is 0.642. The Morgan fingerprint density at radius 3 is 2.33 bits per heavy atom. The summed E-state index contributed by atoms with van der Waals surface area (Å²) >= 11 is 5.18. The van der Waals surface area contributed by atoms with E-state index in [1.54, 1.807) is 0 Å². The average Bonchev–Trinajstić information content (AvgIpc) is 2.81. The summed E-state index contributed by atoms with van der Waals surface area (Å²) in [5.41, 5.74) is 0. The monoisotopic (exact) mass is 184 g/mol. The van der Waals surface area contributed by atoms with Crippen molar-refractivity contribution in [1.82, 2.24) is 10.6 Å². The first kappa shape index (κ1) is 8.30. The quantitative estimate of drug-likeness (QED) is 0.635. The van der Waals surface area contributed by atoms with Crippen LogP contribution in [0.3, 0.4) is 0 Å². The van der Waals surface area contributed by atoms with Crippen LogP contribution in [0.1, 0.15) is 32.6 Å². The van der Waals surface area contributed by atoms with Crippen LogP contribution in [0.4, 0.5) is 0 Å². The first-order chi connectivity index (χ1) is 5.75. The second-order valence-corrected chi connectivity index (χ2v) is 4.46. The Labute approximate surface area is 79.1 Å². The van der Waals surface area contributed by atoms with E-state index in [4.69, 9.17) is 12.2 Å². The van der Waals surface area contributed by atoms with Crippen LogP contribution in [0.15, 0.2) is 0 Å². The van der Waals surface area contributed by atoms with E-state index in [-0.39, 0.29) is 0 Å². The van der Waals surface area contributed by atoms with Crippen LogP contribution in [-0.2, 0) is 0 Å². The lowest BCUT2D eigenvalue weighted by molar-refractivity contribution is 0.257. The zero-order valence-electron chi connectivity index (χ0n) is 7.47. The second kappa shape index (κ2) is 3.21. The summed E-state index contributed by atoms with van der Waals surface area (Å²) in [6.07, 6.45) is 5.22. The first-order valence-corrected chi connectivity index (χ1v) is 5.23. The fourth-order valence-corrected chi connectivity index (χ4v) is 1.82. The van der Waals surface area contributed by atoms with Gasteiger partial charge < -0.3 is 10.6 Å². The van der Waals surface area contributed by atoms with E-state index >= 15 is 0 Å². The molecular weight excluding hydrogens is 168 g/mol. The van der Waals surface area contributed by atoms with E-state index in [2.05, 4.69) is 17.6 Å². The molecule has 2 fully saturated rings. The highest BCUT2D eigenvalue weighted by Gasteiger charge is 2.28. The maximum absolute atomic E-state index is 5.18. The van der Waals surface area contributed by atoms with Crippen LogP contribution in [0, 0.1) is 5.92 Å². The van der Waals surface area contributed by atoms with E-state index in [1.165, 1.54) is 25.7 Å². The molecule has 0 radical (unpaired) electrons. The van der Waals surface area contributed by atoms with Crippen LogP contribution >= 0.6 is 12.2 Å². The Morgan fingerprint density at radius 2 is 1.92 bits per heavy atom. The van der Waals surface area contributed by atoms with Gasteiger partial charge in [-0.1, -0.05) is 6.92 Å². The van der Waals surface area contributed by atoms with Crippen LogP contribution in [0.25, 0.3) is 0 Å². The summed E-state index contributed by atoms with van der Waals surface area (Å²) in [5, 5.41) is 7.52. The van der Waals surface area contributed by atoms with Gasteiger partial charge in [0.25, 0.3) is 0 Å². The van der Waals surface area contributed by atoms with Gasteiger partial charge in [0.05, 0.1) is 0 Å². The molecule has 68 valence electrons. The first-order valence-electron chi connectivity index (χ1n) is 4.83. The summed E-state index contributed by atoms with van der Waals surface area (Å²) in [7, 11) is 0. The van der Waals surface area contributed by atoms with Gasteiger partial charge in [-0.05, 0) is 43.8 Å². The number of nitrogens with one attached hydrogen (secondary N) is 2. The zero-order chi connectivity index (χ0) is 8.55. The average molecular weight is 184 g/mol. The molecule has 2 saturated carbocycles. The van der Waals surface area contributed by atoms with Crippen molar-refractivity contribution in [3.8, 4) is 0 Å². The third-order valence-corrected chi connectivity index (χ3v) is 3.08. The Kier molecular flexibility index (Phi) is 2.22. The summed E-state index contributed by atoms with van der Waals surface area (Å²) in [6, 6.07) is 1.32. The summed E-state index contributed by atoms with van der Waals surface area (Å²) in [5.74, 6) is 0.809. The van der Waals surface area contributed by atoms with Gasteiger partial charge in [0.1, 0.15) is 0 Å². The molecule has 2 aliphatic rings. The normalized spacial score (nSPS) is 33.8. The Balaban J connectivity index is 1.67. The molecule has 0 aromatic carbocycles. The third kappa shape index (κ3) is 1.89. The van der Waals surface area contributed by atoms with Crippen molar-refractivity contribution in [2.75, 3.05) is 0 Å². The molecule has 2 rings (SSSR count). The van der Waals surface area contributed by atoms with Crippen molar-refractivity contribution in [1.29, 1.82) is 0 Å². The Hall–Kier alpha value is -0.310. The van der Waals surface area contributed by atoms with Gasteiger partial charge in [-0.25, -0.2) is 0 Å². The van der Waals surface area contributed by atoms with Gasteiger partial charge in [0.15, 0.2) is 5.11 Å². The maximum atomic E-state index is 5.18. The van der Waals surface area contributed by atoms with E-state index < -0.39 is 0 Å². The van der Waals surface area contributed by atoms with E-state index in [1.807, 2.05) is 0 Å². The SMILES string of the molecule is CC1CCC1NC(=S)NC1CC1. The fraction of sp³-hybridized carbons (Fsp3) is 0.889. The van der Waals surface area contributed by atoms with Crippen molar-refractivity contribution in [3.63, 3.8) is 0 Å². The molecule has 0 aliphatic heterocycles. The molecule has 3 heteroatoms. The number of hydrogen-bond acceptors (Lipinski definition) is 1. The van der Waals surface area contributed by atoms with Crippen molar-refractivity contribution in [3.05, 3.63) is 0 Å². The molecule has 0 heterocycles. The van der Waals surface area contributed by atoms with Crippen LogP contribution in [0.2, 0.25) is 0 Å². The van der Waals surface area contributed by atoms with Gasteiger partial charge in [0.2, 0.25) is 0 Å². The van der Waals surface area contributed by atoms with Crippen LogP contribution in [-0.4, -0.2) is 17.2 Å². The predicted octanol–water partition coefficient (Wildman–Crippen LogP) is 1.41. The zero-order valence-corrected chi connectivity index (χ0v) is 8.29. The molecule has 0 saturated heterocycles. The summed E-state index contributed by atoms with van der Waals surface area (Å²) < 4.78 is 0. The molecule has 0 bridgehead atoms.